The molecule has 82 valence electrons. The lowest BCUT2D eigenvalue weighted by Crippen LogP contribution is -2.06. The first-order valence-electron chi connectivity index (χ1n) is 5.80. The van der Waals surface area contributed by atoms with Crippen LogP contribution in [0.3, 0.4) is 0 Å². The summed E-state index contributed by atoms with van der Waals surface area (Å²) in [5.74, 6) is 1.45. The van der Waals surface area contributed by atoms with Gasteiger partial charge >= 0.3 is 0 Å². The summed E-state index contributed by atoms with van der Waals surface area (Å²) in [4.78, 5) is 0. The van der Waals surface area contributed by atoms with Crippen LogP contribution in [0, 0.1) is 5.41 Å². The molecule has 0 radical (unpaired) electrons. The van der Waals surface area contributed by atoms with Gasteiger partial charge in [-0.15, -0.1) is 11.6 Å². The Hall–Kier alpha value is -0.490. The highest BCUT2D eigenvalue weighted by Crippen LogP contribution is 2.49. The second kappa shape index (κ2) is 4.17. The predicted octanol–water partition coefficient (Wildman–Crippen LogP) is 4.37. The maximum atomic E-state index is 5.99. The Labute approximate surface area is 97.6 Å². The Morgan fingerprint density at radius 3 is 2.20 bits per heavy atom. The van der Waals surface area contributed by atoms with Gasteiger partial charge in [-0.1, -0.05) is 38.1 Å². The van der Waals surface area contributed by atoms with Gasteiger partial charge in [0.25, 0.3) is 0 Å². The molecule has 0 amide bonds. The Morgan fingerprint density at radius 2 is 1.80 bits per heavy atom. The fraction of sp³-hybridized carbons (Fsp3) is 0.571. The maximum absolute atomic E-state index is 5.99. The average Bonchev–Trinajstić information content (AvgIpc) is 2.99. The molecular weight excluding hydrogens is 204 g/mol. The molecule has 0 unspecified atom stereocenters. The molecule has 1 heteroatoms. The fourth-order valence-electron chi connectivity index (χ4n) is 1.99. The van der Waals surface area contributed by atoms with E-state index in [1.807, 2.05) is 0 Å². The minimum Gasteiger partial charge on any atom is -0.126 e. The van der Waals surface area contributed by atoms with Crippen molar-refractivity contribution in [2.75, 3.05) is 5.88 Å². The molecule has 0 bridgehead atoms. The van der Waals surface area contributed by atoms with Gasteiger partial charge in [-0.25, -0.2) is 0 Å². The number of halogens is 1. The third kappa shape index (κ3) is 2.55. The molecule has 0 N–H and O–H groups in total. The molecule has 0 aliphatic heterocycles. The zero-order valence-electron chi connectivity index (χ0n) is 9.59. The van der Waals surface area contributed by atoms with E-state index >= 15 is 0 Å². The highest BCUT2D eigenvalue weighted by atomic mass is 35.5. The molecule has 0 saturated heterocycles. The van der Waals surface area contributed by atoms with Gasteiger partial charge in [0.05, 0.1) is 0 Å². The van der Waals surface area contributed by atoms with Crippen LogP contribution in [0.15, 0.2) is 24.3 Å². The molecule has 1 aromatic rings. The number of hydrogen-bond acceptors (Lipinski definition) is 0. The molecule has 1 aromatic carbocycles. The topological polar surface area (TPSA) is 0 Å². The van der Waals surface area contributed by atoms with Crippen molar-refractivity contribution in [3.05, 3.63) is 35.4 Å². The second-order valence-corrected chi connectivity index (χ2v) is 5.47. The van der Waals surface area contributed by atoms with Crippen molar-refractivity contribution in [1.29, 1.82) is 0 Å². The van der Waals surface area contributed by atoms with Crippen LogP contribution in [0.1, 0.15) is 43.7 Å². The summed E-state index contributed by atoms with van der Waals surface area (Å²) in [7, 11) is 0. The molecule has 0 spiro atoms. The van der Waals surface area contributed by atoms with Crippen molar-refractivity contribution in [2.24, 2.45) is 5.41 Å². The standard InChI is InChI=1S/C14H19Cl/c1-11(2)13-5-3-12(4-6-13)9-14(10-15)7-8-14/h3-6,11H,7-10H2,1-2H3. The Bertz CT molecular complexity index is 320. The zero-order valence-corrected chi connectivity index (χ0v) is 10.3. The largest absolute Gasteiger partial charge is 0.126 e. The van der Waals surface area contributed by atoms with Crippen molar-refractivity contribution in [3.63, 3.8) is 0 Å². The summed E-state index contributed by atoms with van der Waals surface area (Å²) in [6.45, 7) is 4.46. The molecule has 0 atom stereocenters. The fourth-order valence-corrected chi connectivity index (χ4v) is 2.35. The van der Waals surface area contributed by atoms with Gasteiger partial charge in [0.1, 0.15) is 0 Å². The maximum Gasteiger partial charge on any atom is 0.0283 e. The van der Waals surface area contributed by atoms with Crippen LogP contribution in [0.25, 0.3) is 0 Å². The van der Waals surface area contributed by atoms with E-state index < -0.39 is 0 Å². The van der Waals surface area contributed by atoms with Gasteiger partial charge in [0, 0.05) is 5.88 Å². The van der Waals surface area contributed by atoms with Crippen LogP contribution < -0.4 is 0 Å². The normalized spacial score (nSPS) is 18.1. The summed E-state index contributed by atoms with van der Waals surface area (Å²) in [6.07, 6.45) is 3.78. The second-order valence-electron chi connectivity index (χ2n) is 5.21. The summed E-state index contributed by atoms with van der Waals surface area (Å²) in [6, 6.07) is 9.04. The van der Waals surface area contributed by atoms with Gasteiger partial charge < -0.3 is 0 Å². The zero-order chi connectivity index (χ0) is 10.9. The number of alkyl halides is 1. The lowest BCUT2D eigenvalue weighted by molar-refractivity contribution is 0.578. The predicted molar refractivity (Wildman–Crippen MR) is 66.6 cm³/mol. The van der Waals surface area contributed by atoms with Crippen LogP contribution >= 0.6 is 11.6 Å². The third-order valence-electron chi connectivity index (χ3n) is 3.47. The van der Waals surface area contributed by atoms with Crippen molar-refractivity contribution in [3.8, 4) is 0 Å². The van der Waals surface area contributed by atoms with Gasteiger partial charge in [0.15, 0.2) is 0 Å². The van der Waals surface area contributed by atoms with Crippen LogP contribution in [0.5, 0.6) is 0 Å². The molecule has 2 rings (SSSR count). The van der Waals surface area contributed by atoms with Gasteiger partial charge in [-0.2, -0.15) is 0 Å². The molecule has 0 heterocycles. The minimum absolute atomic E-state index is 0.445. The van der Waals surface area contributed by atoms with E-state index in [4.69, 9.17) is 11.6 Å². The first-order chi connectivity index (χ1) is 7.15. The van der Waals surface area contributed by atoms with E-state index in [-0.39, 0.29) is 0 Å². The highest BCUT2D eigenvalue weighted by Gasteiger charge is 2.41. The van der Waals surface area contributed by atoms with Crippen LogP contribution in [-0.4, -0.2) is 5.88 Å². The van der Waals surface area contributed by atoms with E-state index in [2.05, 4.69) is 38.1 Å². The van der Waals surface area contributed by atoms with Gasteiger partial charge in [-0.3, -0.25) is 0 Å². The Kier molecular flexibility index (Phi) is 3.06. The first-order valence-corrected chi connectivity index (χ1v) is 6.33. The lowest BCUT2D eigenvalue weighted by Gasteiger charge is -2.12. The van der Waals surface area contributed by atoms with E-state index in [1.54, 1.807) is 0 Å². The SMILES string of the molecule is CC(C)c1ccc(CC2(CCl)CC2)cc1. The van der Waals surface area contributed by atoms with Crippen LogP contribution in [0.4, 0.5) is 0 Å². The average molecular weight is 223 g/mol. The van der Waals surface area contributed by atoms with Crippen molar-refractivity contribution in [1.82, 2.24) is 0 Å². The minimum atomic E-state index is 0.445. The van der Waals surface area contributed by atoms with Gasteiger partial charge in [-0.05, 0) is 41.7 Å². The Morgan fingerprint density at radius 1 is 1.20 bits per heavy atom. The quantitative estimate of drug-likeness (QED) is 0.664. The van der Waals surface area contributed by atoms with Crippen LogP contribution in [0.2, 0.25) is 0 Å². The van der Waals surface area contributed by atoms with Crippen LogP contribution in [-0.2, 0) is 6.42 Å². The molecular formula is C14H19Cl. The number of rotatable bonds is 4. The lowest BCUT2D eigenvalue weighted by atomic mass is 9.95. The third-order valence-corrected chi connectivity index (χ3v) is 4.03. The van der Waals surface area contributed by atoms with E-state index in [0.717, 1.165) is 12.3 Å². The summed E-state index contributed by atoms with van der Waals surface area (Å²) < 4.78 is 0. The number of hydrogen-bond donors (Lipinski definition) is 0. The number of benzene rings is 1. The molecule has 15 heavy (non-hydrogen) atoms. The Balaban J connectivity index is 2.04. The van der Waals surface area contributed by atoms with E-state index in [0.29, 0.717) is 11.3 Å². The molecule has 1 saturated carbocycles. The van der Waals surface area contributed by atoms with E-state index in [9.17, 15) is 0 Å². The van der Waals surface area contributed by atoms with Crippen molar-refractivity contribution < 1.29 is 0 Å². The molecule has 0 aromatic heterocycles. The first kappa shape index (κ1) is 11.0. The molecule has 0 nitrogen and oxygen atoms in total. The smallest absolute Gasteiger partial charge is 0.0283 e. The summed E-state index contributed by atoms with van der Waals surface area (Å²) in [5, 5.41) is 0. The molecule has 1 fully saturated rings. The monoisotopic (exact) mass is 222 g/mol. The summed E-state index contributed by atoms with van der Waals surface area (Å²) >= 11 is 5.99. The highest BCUT2D eigenvalue weighted by molar-refractivity contribution is 6.18. The van der Waals surface area contributed by atoms with Gasteiger partial charge in [0.2, 0.25) is 0 Å². The van der Waals surface area contributed by atoms with Crippen molar-refractivity contribution >= 4 is 11.6 Å². The molecule has 1 aliphatic carbocycles. The summed E-state index contributed by atoms with van der Waals surface area (Å²) in [5.41, 5.74) is 3.31. The van der Waals surface area contributed by atoms with Crippen molar-refractivity contribution in [2.45, 2.75) is 39.0 Å². The molecule has 1 aliphatic rings. The van der Waals surface area contributed by atoms with E-state index in [1.165, 1.54) is 24.0 Å².